The van der Waals surface area contributed by atoms with Crippen molar-refractivity contribution in [1.82, 2.24) is 20.0 Å². The van der Waals surface area contributed by atoms with Gasteiger partial charge in [-0.15, -0.1) is 24.0 Å². The van der Waals surface area contributed by atoms with Crippen molar-refractivity contribution in [3.63, 3.8) is 0 Å². The Morgan fingerprint density at radius 3 is 2.84 bits per heavy atom. The van der Waals surface area contributed by atoms with E-state index in [4.69, 9.17) is 4.74 Å². The molecule has 2 N–H and O–H groups in total. The van der Waals surface area contributed by atoms with E-state index in [1.165, 1.54) is 0 Å². The van der Waals surface area contributed by atoms with Crippen molar-refractivity contribution in [1.29, 1.82) is 0 Å². The minimum Gasteiger partial charge on any atom is -0.491 e. The molecule has 1 amide bonds. The number of hydrogen-bond donors (Lipinski definition) is 2. The average molecular weight is 542 g/mol. The molecule has 10 heteroatoms. The highest BCUT2D eigenvalue weighted by Gasteiger charge is 2.27. The lowest BCUT2D eigenvalue weighted by atomic mass is 10.2. The Morgan fingerprint density at radius 2 is 2.19 bits per heavy atom. The van der Waals surface area contributed by atoms with Gasteiger partial charge in [0, 0.05) is 32.9 Å². The molecule has 31 heavy (non-hydrogen) atoms. The molecule has 1 fully saturated rings. The number of ether oxygens (including phenoxy) is 1. The van der Waals surface area contributed by atoms with Gasteiger partial charge in [-0.3, -0.25) is 14.5 Å². The van der Waals surface area contributed by atoms with Crippen LogP contribution in [-0.2, 0) is 11.8 Å². The predicted octanol–water partition coefficient (Wildman–Crippen LogP) is 1.40. The number of hydrogen-bond acceptors (Lipinski definition) is 5. The van der Waals surface area contributed by atoms with E-state index in [1.807, 2.05) is 56.3 Å². The SMILES string of the molecule is CCNC(=NCC(O)COc1cccc(C)c1)N1CCN(c2cnn(C)c2)C(=O)C1.I. The molecule has 9 nitrogen and oxygen atoms in total. The van der Waals surface area contributed by atoms with Gasteiger partial charge in [0.1, 0.15) is 25.0 Å². The van der Waals surface area contributed by atoms with Crippen LogP contribution in [0.25, 0.3) is 0 Å². The average Bonchev–Trinajstić information content (AvgIpc) is 3.15. The van der Waals surface area contributed by atoms with Gasteiger partial charge in [0.2, 0.25) is 5.91 Å². The standard InChI is InChI=1S/C21H30N6O3.HI/c1-4-22-21(23-12-18(28)15-30-19-7-5-6-16(2)10-19)26-8-9-27(20(29)14-26)17-11-24-25(3)13-17;/h5-7,10-11,13,18,28H,4,8-9,12,14-15H2,1-3H3,(H,22,23);1H. The van der Waals surface area contributed by atoms with E-state index < -0.39 is 6.10 Å². The number of halogens is 1. The fourth-order valence-corrected chi connectivity index (χ4v) is 3.24. The Kier molecular flexibility index (Phi) is 9.56. The zero-order chi connectivity index (χ0) is 21.5. The summed E-state index contributed by atoms with van der Waals surface area (Å²) in [7, 11) is 1.83. The Hall–Kier alpha value is -2.34. The third-order valence-corrected chi connectivity index (χ3v) is 4.74. The maximum Gasteiger partial charge on any atom is 0.246 e. The number of aromatic nitrogens is 2. The second-order valence-electron chi connectivity index (χ2n) is 7.32. The summed E-state index contributed by atoms with van der Waals surface area (Å²) in [6.07, 6.45) is 2.78. The minimum absolute atomic E-state index is 0. The van der Waals surface area contributed by atoms with E-state index in [1.54, 1.807) is 15.8 Å². The van der Waals surface area contributed by atoms with Gasteiger partial charge in [0.15, 0.2) is 5.96 Å². The Balaban J connectivity index is 0.00000341. The molecule has 1 atom stereocenters. The molecule has 0 spiro atoms. The van der Waals surface area contributed by atoms with Crippen LogP contribution in [0, 0.1) is 6.92 Å². The molecule has 2 aromatic rings. The van der Waals surface area contributed by atoms with E-state index in [0.29, 0.717) is 25.6 Å². The van der Waals surface area contributed by atoms with Gasteiger partial charge in [-0.2, -0.15) is 5.10 Å². The topological polar surface area (TPSA) is 95.2 Å². The van der Waals surface area contributed by atoms with Crippen LogP contribution in [0.3, 0.4) is 0 Å². The molecule has 0 saturated carbocycles. The molecular weight excluding hydrogens is 511 g/mol. The van der Waals surface area contributed by atoms with Crippen molar-refractivity contribution in [3.05, 3.63) is 42.2 Å². The van der Waals surface area contributed by atoms with Crippen LogP contribution in [0.2, 0.25) is 0 Å². The third kappa shape index (κ3) is 7.10. The summed E-state index contributed by atoms with van der Waals surface area (Å²) in [6.45, 7) is 6.38. The minimum atomic E-state index is -0.744. The second kappa shape index (κ2) is 11.9. The quantitative estimate of drug-likeness (QED) is 0.312. The van der Waals surface area contributed by atoms with Crippen molar-refractivity contribution < 1.29 is 14.6 Å². The summed E-state index contributed by atoms with van der Waals surface area (Å²) < 4.78 is 7.33. The molecule has 0 radical (unpaired) electrons. The van der Waals surface area contributed by atoms with Crippen LogP contribution < -0.4 is 15.0 Å². The molecule has 1 unspecified atom stereocenters. The molecular formula is C21H31IN6O3. The lowest BCUT2D eigenvalue weighted by molar-refractivity contribution is -0.120. The summed E-state index contributed by atoms with van der Waals surface area (Å²) >= 11 is 0. The Morgan fingerprint density at radius 1 is 1.39 bits per heavy atom. The number of guanidine groups is 1. The van der Waals surface area contributed by atoms with Gasteiger partial charge in [-0.25, -0.2) is 0 Å². The van der Waals surface area contributed by atoms with Crippen LogP contribution in [0.15, 0.2) is 41.7 Å². The largest absolute Gasteiger partial charge is 0.491 e. The molecule has 0 bridgehead atoms. The molecule has 1 aliphatic rings. The van der Waals surface area contributed by atoms with E-state index >= 15 is 0 Å². The van der Waals surface area contributed by atoms with Gasteiger partial charge < -0.3 is 25.0 Å². The number of nitrogens with zero attached hydrogens (tertiary/aromatic N) is 5. The molecule has 1 saturated heterocycles. The van der Waals surface area contributed by atoms with Crippen molar-refractivity contribution >= 4 is 41.5 Å². The highest BCUT2D eigenvalue weighted by atomic mass is 127. The molecule has 170 valence electrons. The first-order chi connectivity index (χ1) is 14.5. The Bertz CT molecular complexity index is 888. The van der Waals surface area contributed by atoms with Crippen molar-refractivity contribution in [2.75, 3.05) is 44.2 Å². The number of aliphatic hydroxyl groups is 1. The molecule has 2 heterocycles. The van der Waals surface area contributed by atoms with E-state index in [-0.39, 0.29) is 49.6 Å². The smallest absolute Gasteiger partial charge is 0.246 e. The number of aliphatic imine (C=N–C) groups is 1. The number of carbonyl (C=O) groups excluding carboxylic acids is 1. The summed E-state index contributed by atoms with van der Waals surface area (Å²) in [5.74, 6) is 1.33. The van der Waals surface area contributed by atoms with Gasteiger partial charge in [-0.05, 0) is 31.5 Å². The molecule has 0 aliphatic carbocycles. The number of amides is 1. The predicted molar refractivity (Wildman–Crippen MR) is 131 cm³/mol. The fraction of sp³-hybridized carbons (Fsp3) is 0.476. The number of aliphatic hydroxyl groups excluding tert-OH is 1. The highest BCUT2D eigenvalue weighted by Crippen LogP contribution is 2.16. The number of rotatable bonds is 7. The monoisotopic (exact) mass is 542 g/mol. The summed E-state index contributed by atoms with van der Waals surface area (Å²) in [6, 6.07) is 7.69. The number of aryl methyl sites for hydroxylation is 2. The highest BCUT2D eigenvalue weighted by molar-refractivity contribution is 14.0. The molecule has 1 aromatic heterocycles. The number of carbonyl (C=O) groups is 1. The summed E-state index contributed by atoms with van der Waals surface area (Å²) in [5.41, 5.74) is 1.90. The Labute approximate surface area is 200 Å². The first kappa shape index (κ1) is 24.9. The first-order valence-electron chi connectivity index (χ1n) is 10.2. The van der Waals surface area contributed by atoms with Gasteiger partial charge in [-0.1, -0.05) is 12.1 Å². The zero-order valence-corrected chi connectivity index (χ0v) is 20.5. The fourth-order valence-electron chi connectivity index (χ4n) is 3.24. The third-order valence-electron chi connectivity index (χ3n) is 4.74. The lowest BCUT2D eigenvalue weighted by Gasteiger charge is -2.35. The maximum absolute atomic E-state index is 12.6. The van der Waals surface area contributed by atoms with E-state index in [0.717, 1.165) is 17.0 Å². The lowest BCUT2D eigenvalue weighted by Crippen LogP contribution is -2.55. The number of anilines is 1. The van der Waals surface area contributed by atoms with Crippen LogP contribution >= 0.6 is 24.0 Å². The van der Waals surface area contributed by atoms with Crippen LogP contribution in [0.4, 0.5) is 5.69 Å². The molecule has 1 aromatic carbocycles. The number of piperazine rings is 1. The molecule has 1 aliphatic heterocycles. The molecule has 3 rings (SSSR count). The van der Waals surface area contributed by atoms with Crippen molar-refractivity contribution in [2.24, 2.45) is 12.0 Å². The summed E-state index contributed by atoms with van der Waals surface area (Å²) in [4.78, 5) is 20.8. The zero-order valence-electron chi connectivity index (χ0n) is 18.2. The van der Waals surface area contributed by atoms with Crippen molar-refractivity contribution in [3.8, 4) is 5.75 Å². The van der Waals surface area contributed by atoms with E-state index in [2.05, 4.69) is 15.4 Å². The number of benzene rings is 1. The normalized spacial score (nSPS) is 15.5. The summed E-state index contributed by atoms with van der Waals surface area (Å²) in [5, 5.41) is 17.6. The van der Waals surface area contributed by atoms with Crippen LogP contribution in [0.1, 0.15) is 12.5 Å². The van der Waals surface area contributed by atoms with Crippen LogP contribution in [0.5, 0.6) is 5.75 Å². The van der Waals surface area contributed by atoms with Gasteiger partial charge in [0.05, 0.1) is 18.4 Å². The van der Waals surface area contributed by atoms with Gasteiger partial charge in [0.25, 0.3) is 0 Å². The van der Waals surface area contributed by atoms with Crippen LogP contribution in [-0.4, -0.2) is 77.1 Å². The maximum atomic E-state index is 12.6. The second-order valence-corrected chi connectivity index (χ2v) is 7.32. The first-order valence-corrected chi connectivity index (χ1v) is 10.2. The van der Waals surface area contributed by atoms with Crippen molar-refractivity contribution in [2.45, 2.75) is 20.0 Å². The van der Waals surface area contributed by atoms with E-state index in [9.17, 15) is 9.90 Å². The number of nitrogens with one attached hydrogen (secondary N) is 1. The van der Waals surface area contributed by atoms with Gasteiger partial charge >= 0.3 is 0 Å².